The topological polar surface area (TPSA) is 85.6 Å². The Bertz CT molecular complexity index is 823. The van der Waals surface area contributed by atoms with Crippen LogP contribution >= 0.6 is 0 Å². The number of carbonyl (C=O) groups is 1. The highest BCUT2D eigenvalue weighted by Crippen LogP contribution is 2.20. The Balaban J connectivity index is 1.89. The minimum atomic E-state index is -3.11. The van der Waals surface area contributed by atoms with Crippen molar-refractivity contribution in [1.82, 2.24) is 5.32 Å². The lowest BCUT2D eigenvalue weighted by atomic mass is 10.1. The molecule has 0 aliphatic carbocycles. The van der Waals surface area contributed by atoms with Crippen molar-refractivity contribution >= 4 is 15.7 Å². The molecule has 1 amide bonds. The molecule has 7 heteroatoms. The van der Waals surface area contributed by atoms with Crippen molar-refractivity contribution in [1.29, 1.82) is 0 Å². The van der Waals surface area contributed by atoms with Crippen molar-refractivity contribution in [2.45, 2.75) is 20.5 Å². The van der Waals surface area contributed by atoms with Gasteiger partial charge in [0.1, 0.15) is 28.0 Å². The maximum atomic E-state index is 11.9. The van der Waals surface area contributed by atoms with E-state index >= 15 is 0 Å². The Kier molecular flexibility index (Phi) is 5.66. The number of nitrogens with one attached hydrogen (secondary N) is 1. The maximum Gasteiger partial charge on any atom is 0.287 e. The molecule has 1 N–H and O–H groups in total. The second kappa shape index (κ2) is 7.53. The molecule has 1 aromatic carbocycles. The molecule has 0 unspecified atom stereocenters. The highest BCUT2D eigenvalue weighted by Gasteiger charge is 2.12. The zero-order valence-electron chi connectivity index (χ0n) is 14.0. The molecule has 0 saturated heterocycles. The van der Waals surface area contributed by atoms with Gasteiger partial charge in [0.25, 0.3) is 5.91 Å². The molecule has 2 aromatic rings. The van der Waals surface area contributed by atoms with E-state index in [9.17, 15) is 13.2 Å². The van der Waals surface area contributed by atoms with Crippen LogP contribution in [0, 0.1) is 13.8 Å². The molecule has 0 aliphatic rings. The first kappa shape index (κ1) is 18.1. The predicted octanol–water partition coefficient (Wildman–Crippen LogP) is 2.25. The third kappa shape index (κ3) is 5.42. The van der Waals surface area contributed by atoms with Gasteiger partial charge in [-0.25, -0.2) is 8.42 Å². The van der Waals surface area contributed by atoms with Crippen LogP contribution in [0.4, 0.5) is 0 Å². The van der Waals surface area contributed by atoms with Crippen molar-refractivity contribution in [2.75, 3.05) is 18.6 Å². The van der Waals surface area contributed by atoms with E-state index in [-0.39, 0.29) is 24.7 Å². The summed E-state index contributed by atoms with van der Waals surface area (Å²) >= 11 is 0. The van der Waals surface area contributed by atoms with Gasteiger partial charge in [0.05, 0.1) is 5.75 Å². The predicted molar refractivity (Wildman–Crippen MR) is 91.0 cm³/mol. The van der Waals surface area contributed by atoms with E-state index in [1.165, 1.54) is 6.07 Å². The van der Waals surface area contributed by atoms with Gasteiger partial charge in [-0.2, -0.15) is 0 Å². The Hall–Kier alpha value is -2.28. The van der Waals surface area contributed by atoms with Crippen molar-refractivity contribution in [3.63, 3.8) is 0 Å². The summed E-state index contributed by atoms with van der Waals surface area (Å²) in [6.07, 6.45) is 1.12. The summed E-state index contributed by atoms with van der Waals surface area (Å²) in [5.74, 6) is 0.848. The molecule has 0 spiro atoms. The van der Waals surface area contributed by atoms with E-state index in [2.05, 4.69) is 5.32 Å². The third-order valence-corrected chi connectivity index (χ3v) is 4.29. The summed E-state index contributed by atoms with van der Waals surface area (Å²) in [4.78, 5) is 11.9. The molecule has 0 fully saturated rings. The highest BCUT2D eigenvalue weighted by molar-refractivity contribution is 7.90. The second-order valence-electron chi connectivity index (χ2n) is 5.71. The van der Waals surface area contributed by atoms with Crippen LogP contribution in [0.5, 0.6) is 5.75 Å². The number of sulfone groups is 1. The number of benzene rings is 1. The molecule has 6 nitrogen and oxygen atoms in total. The maximum absolute atomic E-state index is 11.9. The first-order chi connectivity index (χ1) is 11.2. The normalized spacial score (nSPS) is 11.3. The lowest BCUT2D eigenvalue weighted by Crippen LogP contribution is -2.28. The van der Waals surface area contributed by atoms with E-state index in [0.29, 0.717) is 5.76 Å². The van der Waals surface area contributed by atoms with Gasteiger partial charge in [0, 0.05) is 12.8 Å². The minimum absolute atomic E-state index is 0.0484. The quantitative estimate of drug-likeness (QED) is 0.827. The van der Waals surface area contributed by atoms with Crippen LogP contribution in [0.3, 0.4) is 0 Å². The lowest BCUT2D eigenvalue weighted by molar-refractivity contribution is 0.0924. The Morgan fingerprint density at radius 1 is 1.21 bits per heavy atom. The SMILES string of the molecule is Cc1ccc(OCc2ccc(C(=O)NCCS(C)(=O)=O)o2)c(C)c1. The number of amides is 1. The van der Waals surface area contributed by atoms with Crippen LogP contribution in [0.15, 0.2) is 34.7 Å². The molecule has 1 aromatic heterocycles. The average molecular weight is 351 g/mol. The Morgan fingerprint density at radius 3 is 2.62 bits per heavy atom. The van der Waals surface area contributed by atoms with Crippen LogP contribution in [-0.2, 0) is 16.4 Å². The van der Waals surface area contributed by atoms with Gasteiger partial charge in [-0.1, -0.05) is 17.7 Å². The number of aryl methyl sites for hydroxylation is 2. The van der Waals surface area contributed by atoms with Gasteiger partial charge in [-0.05, 0) is 37.6 Å². The molecule has 0 atom stereocenters. The average Bonchev–Trinajstić information content (AvgIpc) is 2.94. The van der Waals surface area contributed by atoms with E-state index < -0.39 is 15.7 Å². The summed E-state index contributed by atoms with van der Waals surface area (Å²) in [6.45, 7) is 4.23. The summed E-state index contributed by atoms with van der Waals surface area (Å²) in [6, 6.07) is 9.08. The van der Waals surface area contributed by atoms with Crippen molar-refractivity contribution in [3.05, 3.63) is 53.0 Å². The number of ether oxygens (including phenoxy) is 1. The summed E-state index contributed by atoms with van der Waals surface area (Å²) in [7, 11) is -3.11. The van der Waals surface area contributed by atoms with Crippen molar-refractivity contribution in [3.8, 4) is 5.75 Å². The zero-order valence-corrected chi connectivity index (χ0v) is 14.8. The van der Waals surface area contributed by atoms with Gasteiger partial charge in [-0.15, -0.1) is 0 Å². The smallest absolute Gasteiger partial charge is 0.287 e. The van der Waals surface area contributed by atoms with Gasteiger partial charge in [-0.3, -0.25) is 4.79 Å². The fraction of sp³-hybridized carbons (Fsp3) is 0.353. The standard InChI is InChI=1S/C17H21NO5S/c1-12-4-6-15(13(2)10-12)22-11-14-5-7-16(23-14)17(19)18-8-9-24(3,20)21/h4-7,10H,8-9,11H2,1-3H3,(H,18,19). The summed E-state index contributed by atoms with van der Waals surface area (Å²) < 4.78 is 33.2. The number of carbonyl (C=O) groups excluding carboxylic acids is 1. The number of hydrogen-bond acceptors (Lipinski definition) is 5. The van der Waals surface area contributed by atoms with Crippen LogP contribution in [0.1, 0.15) is 27.4 Å². The Labute approximate surface area is 141 Å². The highest BCUT2D eigenvalue weighted by atomic mass is 32.2. The fourth-order valence-electron chi connectivity index (χ4n) is 2.12. The summed E-state index contributed by atoms with van der Waals surface area (Å²) in [5, 5.41) is 2.51. The molecule has 24 heavy (non-hydrogen) atoms. The van der Waals surface area contributed by atoms with Gasteiger partial charge < -0.3 is 14.5 Å². The first-order valence-corrected chi connectivity index (χ1v) is 9.55. The van der Waals surface area contributed by atoms with Crippen LogP contribution < -0.4 is 10.1 Å². The van der Waals surface area contributed by atoms with E-state index in [4.69, 9.17) is 9.15 Å². The van der Waals surface area contributed by atoms with Crippen molar-refractivity contribution < 1.29 is 22.4 Å². The molecular weight excluding hydrogens is 330 g/mol. The van der Waals surface area contributed by atoms with E-state index in [1.54, 1.807) is 6.07 Å². The number of rotatable bonds is 7. The van der Waals surface area contributed by atoms with Crippen LogP contribution in [0.25, 0.3) is 0 Å². The van der Waals surface area contributed by atoms with Crippen LogP contribution in [0.2, 0.25) is 0 Å². The molecule has 1 heterocycles. The fourth-order valence-corrected chi connectivity index (χ4v) is 2.60. The zero-order chi connectivity index (χ0) is 17.7. The minimum Gasteiger partial charge on any atom is -0.485 e. The molecule has 0 radical (unpaired) electrons. The van der Waals surface area contributed by atoms with Crippen molar-refractivity contribution in [2.24, 2.45) is 0 Å². The van der Waals surface area contributed by atoms with Gasteiger partial charge in [0.15, 0.2) is 5.76 Å². The van der Waals surface area contributed by atoms with Gasteiger partial charge in [0.2, 0.25) is 0 Å². The Morgan fingerprint density at radius 2 is 1.96 bits per heavy atom. The second-order valence-corrected chi connectivity index (χ2v) is 7.97. The molecule has 2 rings (SSSR count). The number of furan rings is 1. The van der Waals surface area contributed by atoms with Crippen LogP contribution in [-0.4, -0.2) is 32.9 Å². The largest absolute Gasteiger partial charge is 0.485 e. The van der Waals surface area contributed by atoms with E-state index in [0.717, 1.165) is 23.1 Å². The van der Waals surface area contributed by atoms with E-state index in [1.807, 2.05) is 32.0 Å². The molecule has 0 saturated carbocycles. The lowest BCUT2D eigenvalue weighted by Gasteiger charge is -2.08. The monoisotopic (exact) mass is 351 g/mol. The molecule has 130 valence electrons. The number of hydrogen-bond donors (Lipinski definition) is 1. The molecular formula is C17H21NO5S. The summed E-state index contributed by atoms with van der Waals surface area (Å²) in [5.41, 5.74) is 2.19. The first-order valence-electron chi connectivity index (χ1n) is 7.49. The molecule has 0 bridgehead atoms. The third-order valence-electron chi connectivity index (χ3n) is 3.34. The molecule has 0 aliphatic heterocycles. The van der Waals surface area contributed by atoms with Gasteiger partial charge >= 0.3 is 0 Å².